The van der Waals surface area contributed by atoms with Crippen molar-refractivity contribution in [2.24, 2.45) is 5.73 Å². The van der Waals surface area contributed by atoms with Crippen LogP contribution >= 0.6 is 0 Å². The quantitative estimate of drug-likeness (QED) is 0.440. The zero-order valence-corrected chi connectivity index (χ0v) is 6.84. The second kappa shape index (κ2) is 6.78. The molecule has 0 heterocycles. The maximum absolute atomic E-state index is 5.35. The average Bonchev–Trinajstić information content (AvgIpc) is 1.89. The average molecular weight is 142 g/mol. The van der Waals surface area contributed by atoms with E-state index < -0.39 is 0 Å². The molecule has 0 aromatic carbocycles. The molecule has 0 saturated heterocycles. The number of likely N-dealkylation sites (N-methyl/N-ethyl adjacent to an activating group) is 1. The van der Waals surface area contributed by atoms with Crippen molar-refractivity contribution in [1.82, 2.24) is 4.90 Å². The van der Waals surface area contributed by atoms with Gasteiger partial charge in [0.25, 0.3) is 0 Å². The smallest absolute Gasteiger partial charge is 0.0157 e. The standard InChI is InChI=1S/C8H18N2/c1-3-7-10(2)8-5-4-6-9/h3H,1,4-9H2,2H3. The lowest BCUT2D eigenvalue weighted by molar-refractivity contribution is 0.361. The predicted molar refractivity (Wildman–Crippen MR) is 46.0 cm³/mol. The molecule has 60 valence electrons. The van der Waals surface area contributed by atoms with Crippen molar-refractivity contribution in [3.8, 4) is 0 Å². The molecule has 2 nitrogen and oxygen atoms in total. The summed E-state index contributed by atoms with van der Waals surface area (Å²) in [6.07, 6.45) is 4.24. The van der Waals surface area contributed by atoms with Crippen LogP contribution in [0.15, 0.2) is 12.7 Å². The molecule has 0 aromatic heterocycles. The Hall–Kier alpha value is -0.340. The Labute approximate surface area is 63.7 Å². The Morgan fingerprint density at radius 3 is 2.70 bits per heavy atom. The van der Waals surface area contributed by atoms with E-state index >= 15 is 0 Å². The minimum absolute atomic E-state index is 0.807. The van der Waals surface area contributed by atoms with Crippen LogP contribution in [-0.4, -0.2) is 31.6 Å². The fraction of sp³-hybridized carbons (Fsp3) is 0.750. The molecule has 0 saturated carbocycles. The van der Waals surface area contributed by atoms with Crippen molar-refractivity contribution in [1.29, 1.82) is 0 Å². The Kier molecular flexibility index (Phi) is 6.55. The first kappa shape index (κ1) is 9.66. The number of nitrogens with two attached hydrogens (primary N) is 1. The first-order chi connectivity index (χ1) is 4.81. The highest BCUT2D eigenvalue weighted by atomic mass is 15.1. The summed E-state index contributed by atoms with van der Waals surface area (Å²) >= 11 is 0. The Morgan fingerprint density at radius 2 is 2.20 bits per heavy atom. The van der Waals surface area contributed by atoms with Gasteiger partial charge in [-0.1, -0.05) is 6.08 Å². The third-order valence-electron chi connectivity index (χ3n) is 1.43. The van der Waals surface area contributed by atoms with Crippen LogP contribution < -0.4 is 5.73 Å². The lowest BCUT2D eigenvalue weighted by Gasteiger charge is -2.12. The maximum Gasteiger partial charge on any atom is 0.0157 e. The fourth-order valence-electron chi connectivity index (χ4n) is 0.838. The van der Waals surface area contributed by atoms with Crippen LogP contribution in [0.3, 0.4) is 0 Å². The molecule has 0 aliphatic carbocycles. The van der Waals surface area contributed by atoms with Gasteiger partial charge in [-0.15, -0.1) is 6.58 Å². The van der Waals surface area contributed by atoms with Crippen LogP contribution in [0.25, 0.3) is 0 Å². The van der Waals surface area contributed by atoms with Gasteiger partial charge in [0.15, 0.2) is 0 Å². The monoisotopic (exact) mass is 142 g/mol. The molecule has 0 atom stereocenters. The van der Waals surface area contributed by atoms with Crippen LogP contribution in [0.4, 0.5) is 0 Å². The molecule has 0 spiro atoms. The molecular weight excluding hydrogens is 124 g/mol. The summed E-state index contributed by atoms with van der Waals surface area (Å²) in [5, 5.41) is 0. The Morgan fingerprint density at radius 1 is 1.50 bits per heavy atom. The molecule has 2 heteroatoms. The van der Waals surface area contributed by atoms with Crippen molar-refractivity contribution in [3.05, 3.63) is 12.7 Å². The molecule has 0 unspecified atom stereocenters. The number of unbranched alkanes of at least 4 members (excludes halogenated alkanes) is 1. The van der Waals surface area contributed by atoms with Crippen LogP contribution in [0.5, 0.6) is 0 Å². The lowest BCUT2D eigenvalue weighted by atomic mass is 10.3. The molecule has 0 bridgehead atoms. The highest BCUT2D eigenvalue weighted by Crippen LogP contribution is 1.90. The number of nitrogens with zero attached hydrogens (tertiary/aromatic N) is 1. The van der Waals surface area contributed by atoms with Crippen LogP contribution in [0, 0.1) is 0 Å². The molecule has 0 aliphatic rings. The molecule has 0 aliphatic heterocycles. The van der Waals surface area contributed by atoms with Gasteiger partial charge < -0.3 is 10.6 Å². The minimum Gasteiger partial charge on any atom is -0.330 e. The van der Waals surface area contributed by atoms with Gasteiger partial charge in [-0.3, -0.25) is 0 Å². The summed E-state index contributed by atoms with van der Waals surface area (Å²) in [7, 11) is 2.10. The van der Waals surface area contributed by atoms with Gasteiger partial charge in [-0.25, -0.2) is 0 Å². The van der Waals surface area contributed by atoms with E-state index in [0.717, 1.165) is 26.1 Å². The largest absolute Gasteiger partial charge is 0.330 e. The highest BCUT2D eigenvalue weighted by Gasteiger charge is 1.92. The van der Waals surface area contributed by atoms with E-state index in [1.165, 1.54) is 6.42 Å². The first-order valence-electron chi connectivity index (χ1n) is 3.80. The van der Waals surface area contributed by atoms with E-state index in [1.807, 2.05) is 6.08 Å². The number of hydrogen-bond acceptors (Lipinski definition) is 2. The molecule has 2 N–H and O–H groups in total. The predicted octanol–water partition coefficient (Wildman–Crippen LogP) is 0.843. The molecule has 0 rings (SSSR count). The molecule has 10 heavy (non-hydrogen) atoms. The van der Waals surface area contributed by atoms with Gasteiger partial charge in [0.1, 0.15) is 0 Å². The molecular formula is C8H18N2. The summed E-state index contributed by atoms with van der Waals surface area (Å²) in [4.78, 5) is 2.24. The minimum atomic E-state index is 0.807. The van der Waals surface area contributed by atoms with Crippen molar-refractivity contribution in [2.75, 3.05) is 26.7 Å². The maximum atomic E-state index is 5.35. The van der Waals surface area contributed by atoms with Crippen LogP contribution in [0.2, 0.25) is 0 Å². The fourth-order valence-corrected chi connectivity index (χ4v) is 0.838. The second-order valence-electron chi connectivity index (χ2n) is 2.55. The third-order valence-corrected chi connectivity index (χ3v) is 1.43. The third kappa shape index (κ3) is 5.79. The van der Waals surface area contributed by atoms with E-state index in [-0.39, 0.29) is 0 Å². The van der Waals surface area contributed by atoms with Gasteiger partial charge in [-0.2, -0.15) is 0 Å². The summed E-state index contributed by atoms with van der Waals surface area (Å²) in [5.41, 5.74) is 5.35. The van der Waals surface area contributed by atoms with E-state index in [4.69, 9.17) is 5.73 Å². The Bertz CT molecular complexity index is 81.3. The van der Waals surface area contributed by atoms with E-state index in [2.05, 4.69) is 18.5 Å². The summed E-state index contributed by atoms with van der Waals surface area (Å²) < 4.78 is 0. The zero-order chi connectivity index (χ0) is 7.82. The lowest BCUT2D eigenvalue weighted by Crippen LogP contribution is -2.20. The summed E-state index contributed by atoms with van der Waals surface area (Å²) in [6.45, 7) is 6.57. The SMILES string of the molecule is C=CCN(C)CCCCN. The number of hydrogen-bond donors (Lipinski definition) is 1. The summed E-state index contributed by atoms with van der Waals surface area (Å²) in [6, 6.07) is 0. The molecule has 0 aromatic rings. The van der Waals surface area contributed by atoms with Gasteiger partial charge in [0.2, 0.25) is 0 Å². The van der Waals surface area contributed by atoms with Crippen molar-refractivity contribution >= 4 is 0 Å². The zero-order valence-electron chi connectivity index (χ0n) is 6.84. The van der Waals surface area contributed by atoms with Gasteiger partial charge in [-0.05, 0) is 33.0 Å². The highest BCUT2D eigenvalue weighted by molar-refractivity contribution is 4.70. The van der Waals surface area contributed by atoms with Crippen LogP contribution in [0.1, 0.15) is 12.8 Å². The van der Waals surface area contributed by atoms with Gasteiger partial charge >= 0.3 is 0 Å². The van der Waals surface area contributed by atoms with Crippen molar-refractivity contribution < 1.29 is 0 Å². The molecule has 0 fully saturated rings. The molecule has 0 radical (unpaired) electrons. The topological polar surface area (TPSA) is 29.3 Å². The van der Waals surface area contributed by atoms with Gasteiger partial charge in [0, 0.05) is 6.54 Å². The summed E-state index contributed by atoms with van der Waals surface area (Å²) in [5.74, 6) is 0. The van der Waals surface area contributed by atoms with Gasteiger partial charge in [0.05, 0.1) is 0 Å². The van der Waals surface area contributed by atoms with E-state index in [9.17, 15) is 0 Å². The molecule has 0 amide bonds. The normalized spacial score (nSPS) is 10.3. The number of rotatable bonds is 6. The van der Waals surface area contributed by atoms with E-state index in [0.29, 0.717) is 0 Å². The first-order valence-corrected chi connectivity index (χ1v) is 3.80. The van der Waals surface area contributed by atoms with Crippen molar-refractivity contribution in [3.63, 3.8) is 0 Å². The van der Waals surface area contributed by atoms with Crippen LogP contribution in [-0.2, 0) is 0 Å². The Balaban J connectivity index is 3.04. The van der Waals surface area contributed by atoms with E-state index in [1.54, 1.807) is 0 Å². The van der Waals surface area contributed by atoms with Crippen molar-refractivity contribution in [2.45, 2.75) is 12.8 Å². The second-order valence-corrected chi connectivity index (χ2v) is 2.55.